The summed E-state index contributed by atoms with van der Waals surface area (Å²) in [5, 5.41) is 6.01. The van der Waals surface area contributed by atoms with E-state index in [9.17, 15) is 9.59 Å². The van der Waals surface area contributed by atoms with E-state index in [1.807, 2.05) is 0 Å². The molecule has 1 unspecified atom stereocenters. The molecule has 1 heterocycles. The second-order valence-electron chi connectivity index (χ2n) is 2.82. The minimum Gasteiger partial charge on any atom is -0.465 e. The summed E-state index contributed by atoms with van der Waals surface area (Å²) in [5.74, 6) is -0.793. The number of nitrogens with zero attached hydrogens (tertiary/aromatic N) is 1. The van der Waals surface area contributed by atoms with Gasteiger partial charge in [-0.3, -0.25) is 9.59 Å². The molecule has 1 rings (SSSR count). The Kier molecular flexibility index (Phi) is 3.39. The van der Waals surface area contributed by atoms with Gasteiger partial charge in [0.15, 0.2) is 0 Å². The molecule has 0 aliphatic carbocycles. The van der Waals surface area contributed by atoms with Crippen LogP contribution in [0.15, 0.2) is 16.9 Å². The first-order valence-electron chi connectivity index (χ1n) is 4.37. The molecule has 0 fully saturated rings. The van der Waals surface area contributed by atoms with E-state index in [0.717, 1.165) is 0 Å². The molecule has 0 bridgehead atoms. The number of H-pyrrole nitrogens is 1. The molecule has 1 N–H and O–H groups in total. The summed E-state index contributed by atoms with van der Waals surface area (Å²) in [6.45, 7) is 3.76. The van der Waals surface area contributed by atoms with E-state index >= 15 is 0 Å². The molecule has 1 atom stereocenters. The van der Waals surface area contributed by atoms with Crippen LogP contribution in [0.2, 0.25) is 0 Å². The highest BCUT2D eigenvalue weighted by molar-refractivity contribution is 5.76. The zero-order chi connectivity index (χ0) is 10.6. The summed E-state index contributed by atoms with van der Waals surface area (Å²) >= 11 is 0. The van der Waals surface area contributed by atoms with Crippen molar-refractivity contribution in [3.8, 4) is 0 Å². The van der Waals surface area contributed by atoms with E-state index < -0.39 is 5.92 Å². The van der Waals surface area contributed by atoms with E-state index in [-0.39, 0.29) is 11.5 Å². The second kappa shape index (κ2) is 4.55. The van der Waals surface area contributed by atoms with Crippen molar-refractivity contribution in [1.82, 2.24) is 10.2 Å². The Morgan fingerprint density at radius 1 is 1.64 bits per heavy atom. The van der Waals surface area contributed by atoms with E-state index in [1.165, 1.54) is 12.1 Å². The Hall–Kier alpha value is -1.65. The highest BCUT2D eigenvalue weighted by Gasteiger charge is 2.17. The molecule has 1 aromatic heterocycles. The lowest BCUT2D eigenvalue weighted by atomic mass is 10.1. The van der Waals surface area contributed by atoms with Gasteiger partial charge in [-0.25, -0.2) is 5.10 Å². The van der Waals surface area contributed by atoms with Gasteiger partial charge in [-0.05, 0) is 19.9 Å². The summed E-state index contributed by atoms with van der Waals surface area (Å²) in [4.78, 5) is 22.0. The van der Waals surface area contributed by atoms with Gasteiger partial charge in [-0.1, -0.05) is 0 Å². The van der Waals surface area contributed by atoms with Crippen LogP contribution in [0.3, 0.4) is 0 Å². The fourth-order valence-corrected chi connectivity index (χ4v) is 0.984. The van der Waals surface area contributed by atoms with Gasteiger partial charge in [-0.2, -0.15) is 5.10 Å². The monoisotopic (exact) mass is 196 g/mol. The van der Waals surface area contributed by atoms with Crippen LogP contribution in [0.25, 0.3) is 0 Å². The molecule has 0 aliphatic rings. The van der Waals surface area contributed by atoms with Gasteiger partial charge in [0.25, 0.3) is 5.56 Å². The quantitative estimate of drug-likeness (QED) is 0.712. The standard InChI is InChI=1S/C9H12N2O3/c1-3-14-9(13)6(2)7-4-5-8(12)11-10-7/h4-6H,3H2,1-2H3,(H,11,12). The first-order chi connectivity index (χ1) is 6.65. The van der Waals surface area contributed by atoms with Crippen molar-refractivity contribution >= 4 is 5.97 Å². The fourth-order valence-electron chi connectivity index (χ4n) is 0.984. The molecular formula is C9H12N2O3. The smallest absolute Gasteiger partial charge is 0.314 e. The molecule has 5 heteroatoms. The van der Waals surface area contributed by atoms with Crippen LogP contribution < -0.4 is 5.56 Å². The lowest BCUT2D eigenvalue weighted by Gasteiger charge is -2.08. The lowest BCUT2D eigenvalue weighted by Crippen LogP contribution is -2.17. The van der Waals surface area contributed by atoms with Gasteiger partial charge in [-0.15, -0.1) is 0 Å². The third-order valence-electron chi connectivity index (χ3n) is 1.78. The highest BCUT2D eigenvalue weighted by atomic mass is 16.5. The SMILES string of the molecule is CCOC(=O)C(C)c1ccc(=O)[nH]n1. The first-order valence-corrected chi connectivity index (χ1v) is 4.37. The molecule has 0 aromatic carbocycles. The molecule has 5 nitrogen and oxygen atoms in total. The average Bonchev–Trinajstić information content (AvgIpc) is 2.18. The molecular weight excluding hydrogens is 184 g/mol. The summed E-state index contributed by atoms with van der Waals surface area (Å²) in [6, 6.07) is 2.85. The van der Waals surface area contributed by atoms with Gasteiger partial charge in [0.2, 0.25) is 0 Å². The molecule has 0 saturated carbocycles. The third kappa shape index (κ3) is 2.42. The number of ether oxygens (including phenoxy) is 1. The normalized spacial score (nSPS) is 12.1. The molecule has 0 amide bonds. The summed E-state index contributed by atoms with van der Waals surface area (Å²) in [5.41, 5.74) is 0.216. The summed E-state index contributed by atoms with van der Waals surface area (Å²) in [7, 11) is 0. The zero-order valence-electron chi connectivity index (χ0n) is 8.11. The number of carbonyl (C=O) groups is 1. The first kappa shape index (κ1) is 10.4. The predicted molar refractivity (Wildman–Crippen MR) is 49.9 cm³/mol. The van der Waals surface area contributed by atoms with Gasteiger partial charge < -0.3 is 4.74 Å². The molecule has 1 aromatic rings. The van der Waals surface area contributed by atoms with Crippen LogP contribution in [0.5, 0.6) is 0 Å². The largest absolute Gasteiger partial charge is 0.465 e. The molecule has 0 saturated heterocycles. The minimum atomic E-state index is -0.452. The van der Waals surface area contributed by atoms with Crippen molar-refractivity contribution in [3.05, 3.63) is 28.2 Å². The van der Waals surface area contributed by atoms with Crippen molar-refractivity contribution in [1.29, 1.82) is 0 Å². The Bertz CT molecular complexity index is 352. The average molecular weight is 196 g/mol. The fraction of sp³-hybridized carbons (Fsp3) is 0.444. The maximum Gasteiger partial charge on any atom is 0.314 e. The van der Waals surface area contributed by atoms with Crippen molar-refractivity contribution in [2.75, 3.05) is 6.61 Å². The number of esters is 1. The number of rotatable bonds is 3. The summed E-state index contributed by atoms with van der Waals surface area (Å²) < 4.78 is 4.82. The van der Waals surface area contributed by atoms with Gasteiger partial charge in [0.05, 0.1) is 18.2 Å². The highest BCUT2D eigenvalue weighted by Crippen LogP contribution is 2.11. The Balaban J connectivity index is 2.78. The number of hydrogen-bond acceptors (Lipinski definition) is 4. The van der Waals surface area contributed by atoms with Crippen LogP contribution in [0, 0.1) is 0 Å². The maximum atomic E-state index is 11.3. The Morgan fingerprint density at radius 2 is 2.36 bits per heavy atom. The van der Waals surface area contributed by atoms with Gasteiger partial charge >= 0.3 is 5.97 Å². The summed E-state index contributed by atoms with van der Waals surface area (Å²) in [6.07, 6.45) is 0. The van der Waals surface area contributed by atoms with Crippen molar-refractivity contribution in [3.63, 3.8) is 0 Å². The predicted octanol–water partition coefficient (Wildman–Crippen LogP) is 0.436. The number of hydrogen-bond donors (Lipinski definition) is 1. The minimum absolute atomic E-state index is 0.287. The number of nitrogens with one attached hydrogen (secondary N) is 1. The van der Waals surface area contributed by atoms with Crippen LogP contribution >= 0.6 is 0 Å². The second-order valence-corrected chi connectivity index (χ2v) is 2.82. The topological polar surface area (TPSA) is 72.1 Å². The van der Waals surface area contributed by atoms with Crippen LogP contribution in [-0.2, 0) is 9.53 Å². The molecule has 0 spiro atoms. The molecule has 14 heavy (non-hydrogen) atoms. The van der Waals surface area contributed by atoms with Crippen molar-refractivity contribution in [2.45, 2.75) is 19.8 Å². The van der Waals surface area contributed by atoms with Crippen molar-refractivity contribution < 1.29 is 9.53 Å². The van der Waals surface area contributed by atoms with Gasteiger partial charge in [0.1, 0.15) is 0 Å². The van der Waals surface area contributed by atoms with Gasteiger partial charge in [0, 0.05) is 6.07 Å². The van der Waals surface area contributed by atoms with E-state index in [4.69, 9.17) is 4.74 Å². The Morgan fingerprint density at radius 3 is 2.86 bits per heavy atom. The Labute approximate surface area is 81.1 Å². The lowest BCUT2D eigenvalue weighted by molar-refractivity contribution is -0.144. The molecule has 0 radical (unpaired) electrons. The number of aromatic amines is 1. The van der Waals surface area contributed by atoms with Crippen molar-refractivity contribution in [2.24, 2.45) is 0 Å². The third-order valence-corrected chi connectivity index (χ3v) is 1.78. The van der Waals surface area contributed by atoms with Crippen LogP contribution in [-0.4, -0.2) is 22.8 Å². The molecule has 76 valence electrons. The van der Waals surface area contributed by atoms with Crippen LogP contribution in [0.1, 0.15) is 25.5 Å². The van der Waals surface area contributed by atoms with E-state index in [1.54, 1.807) is 13.8 Å². The van der Waals surface area contributed by atoms with E-state index in [0.29, 0.717) is 12.3 Å². The van der Waals surface area contributed by atoms with E-state index in [2.05, 4.69) is 10.2 Å². The van der Waals surface area contributed by atoms with Crippen LogP contribution in [0.4, 0.5) is 0 Å². The maximum absolute atomic E-state index is 11.3. The number of carbonyl (C=O) groups excluding carboxylic acids is 1. The molecule has 0 aliphatic heterocycles. The zero-order valence-corrected chi connectivity index (χ0v) is 8.11. The number of aromatic nitrogens is 2.